The van der Waals surface area contributed by atoms with Crippen molar-refractivity contribution in [2.24, 2.45) is 5.41 Å². The van der Waals surface area contributed by atoms with Gasteiger partial charge < -0.3 is 14.2 Å². The van der Waals surface area contributed by atoms with Crippen molar-refractivity contribution in [1.29, 1.82) is 0 Å². The molecule has 204 valence electrons. The van der Waals surface area contributed by atoms with Gasteiger partial charge >= 0.3 is 5.97 Å². The van der Waals surface area contributed by atoms with Crippen LogP contribution in [0.2, 0.25) is 5.02 Å². The molecule has 0 radical (unpaired) electrons. The van der Waals surface area contributed by atoms with Crippen molar-refractivity contribution >= 4 is 28.5 Å². The molecule has 1 saturated heterocycles. The summed E-state index contributed by atoms with van der Waals surface area (Å²) < 4.78 is 58.3. The fraction of sp³-hybridized carbons (Fsp3) is 0.429. The molecule has 1 aromatic heterocycles. The Bertz CT molecular complexity index is 1260. The number of alkyl halides is 1. The number of benzene rings is 2. The van der Waals surface area contributed by atoms with Gasteiger partial charge in [0.15, 0.2) is 0 Å². The van der Waals surface area contributed by atoms with Crippen LogP contribution in [0.5, 0.6) is 11.5 Å². The maximum Gasteiger partial charge on any atom is 0.311 e. The molecule has 1 fully saturated rings. The van der Waals surface area contributed by atoms with Crippen molar-refractivity contribution in [3.05, 3.63) is 64.8 Å². The number of methoxy groups -OCH3 is 2. The highest BCUT2D eigenvalue weighted by molar-refractivity contribution is 6.32. The molecule has 0 saturated carbocycles. The van der Waals surface area contributed by atoms with Gasteiger partial charge in [-0.25, -0.2) is 13.2 Å². The van der Waals surface area contributed by atoms with Crippen molar-refractivity contribution < 1.29 is 32.2 Å². The average molecular weight is 551 g/mol. The Balaban J connectivity index is 1.39. The van der Waals surface area contributed by atoms with Gasteiger partial charge in [0.25, 0.3) is 0 Å². The molecule has 1 aliphatic rings. The molecule has 0 spiro atoms. The third-order valence-corrected chi connectivity index (χ3v) is 7.50. The second-order valence-corrected chi connectivity index (χ2v) is 9.88. The van der Waals surface area contributed by atoms with E-state index in [4.69, 9.17) is 25.8 Å². The number of carbonyl (C=O) groups excluding carboxylic acids is 1. The van der Waals surface area contributed by atoms with Gasteiger partial charge in [0, 0.05) is 41.9 Å². The van der Waals surface area contributed by atoms with Crippen LogP contribution in [-0.2, 0) is 9.53 Å². The molecule has 0 amide bonds. The summed E-state index contributed by atoms with van der Waals surface area (Å²) in [6.45, 7) is 1.89. The number of hydrogen-bond acceptors (Lipinski definition) is 6. The molecule has 38 heavy (non-hydrogen) atoms. The van der Waals surface area contributed by atoms with Crippen LogP contribution in [0.15, 0.2) is 42.6 Å². The highest BCUT2D eigenvalue weighted by Gasteiger charge is 2.42. The van der Waals surface area contributed by atoms with Gasteiger partial charge in [-0.15, -0.1) is 0 Å². The first-order valence-corrected chi connectivity index (χ1v) is 12.8. The number of hydrogen-bond donors (Lipinski definition) is 0. The summed E-state index contributed by atoms with van der Waals surface area (Å²) in [5, 5.41) is 0.794. The van der Waals surface area contributed by atoms with Crippen LogP contribution < -0.4 is 9.47 Å². The van der Waals surface area contributed by atoms with E-state index in [2.05, 4.69) is 9.88 Å². The Kier molecular flexibility index (Phi) is 8.99. The number of nitrogens with zero attached hydrogens (tertiary/aromatic N) is 2. The van der Waals surface area contributed by atoms with E-state index < -0.39 is 23.2 Å². The van der Waals surface area contributed by atoms with Gasteiger partial charge in [0.2, 0.25) is 0 Å². The van der Waals surface area contributed by atoms with Crippen molar-refractivity contribution in [3.63, 3.8) is 0 Å². The summed E-state index contributed by atoms with van der Waals surface area (Å²) in [4.78, 5) is 19.2. The van der Waals surface area contributed by atoms with Gasteiger partial charge in [-0.3, -0.25) is 14.7 Å². The number of fused-ring (bicyclic) bond motifs is 1. The predicted molar refractivity (Wildman–Crippen MR) is 138 cm³/mol. The topological polar surface area (TPSA) is 60.9 Å². The number of carbonyl (C=O) groups is 1. The first kappa shape index (κ1) is 28.0. The molecule has 0 bridgehead atoms. The monoisotopic (exact) mass is 550 g/mol. The average Bonchev–Trinajstić information content (AvgIpc) is 2.91. The Labute approximate surface area is 224 Å². The number of halogens is 4. The van der Waals surface area contributed by atoms with Gasteiger partial charge in [0.05, 0.1) is 30.2 Å². The maximum atomic E-state index is 15.7. The second-order valence-electron chi connectivity index (χ2n) is 9.48. The lowest BCUT2D eigenvalue weighted by Crippen LogP contribution is -2.46. The summed E-state index contributed by atoms with van der Waals surface area (Å²) in [7, 11) is 2.88. The number of pyridine rings is 1. The molecule has 0 N–H and O–H groups in total. The van der Waals surface area contributed by atoms with E-state index in [-0.39, 0.29) is 36.2 Å². The summed E-state index contributed by atoms with van der Waals surface area (Å²) in [6.07, 6.45) is 1.36. The van der Waals surface area contributed by atoms with E-state index in [1.807, 2.05) is 0 Å². The van der Waals surface area contributed by atoms with Crippen molar-refractivity contribution in [3.8, 4) is 11.5 Å². The Morgan fingerprint density at radius 1 is 1.11 bits per heavy atom. The minimum Gasteiger partial charge on any atom is -0.497 e. The van der Waals surface area contributed by atoms with Gasteiger partial charge in [-0.05, 0) is 57.0 Å². The zero-order valence-electron chi connectivity index (χ0n) is 21.3. The lowest BCUT2D eigenvalue weighted by atomic mass is 9.74. The van der Waals surface area contributed by atoms with E-state index in [1.54, 1.807) is 18.2 Å². The second kappa shape index (κ2) is 12.2. The van der Waals surface area contributed by atoms with Crippen LogP contribution >= 0.6 is 11.6 Å². The largest absolute Gasteiger partial charge is 0.497 e. The minimum atomic E-state index is -1.42. The molecule has 1 unspecified atom stereocenters. The third kappa shape index (κ3) is 6.32. The van der Waals surface area contributed by atoms with Gasteiger partial charge in [0.1, 0.15) is 35.9 Å². The zero-order valence-corrected chi connectivity index (χ0v) is 22.1. The number of aromatic nitrogens is 1. The molecule has 1 aliphatic heterocycles. The van der Waals surface area contributed by atoms with E-state index in [1.165, 1.54) is 20.4 Å². The summed E-state index contributed by atoms with van der Waals surface area (Å²) in [5.41, 5.74) is 0.112. The summed E-state index contributed by atoms with van der Waals surface area (Å²) in [6, 6.07) is 8.26. The molecular weight excluding hydrogens is 521 g/mol. The molecule has 4 rings (SSSR count). The molecular formula is C28H30ClF3N2O4. The smallest absolute Gasteiger partial charge is 0.311 e. The Morgan fingerprint density at radius 2 is 1.82 bits per heavy atom. The Morgan fingerprint density at radius 3 is 2.47 bits per heavy atom. The number of rotatable bonds is 10. The van der Waals surface area contributed by atoms with Crippen LogP contribution in [0.1, 0.15) is 37.4 Å². The molecule has 1 atom stereocenters. The highest BCUT2D eigenvalue weighted by atomic mass is 35.5. The fourth-order valence-electron chi connectivity index (χ4n) is 5.04. The molecule has 2 aromatic carbocycles. The molecule has 3 aromatic rings. The van der Waals surface area contributed by atoms with Crippen LogP contribution in [-0.4, -0.2) is 56.3 Å². The van der Waals surface area contributed by atoms with Crippen LogP contribution in [0, 0.1) is 17.0 Å². The lowest BCUT2D eigenvalue weighted by molar-refractivity contribution is -0.157. The summed E-state index contributed by atoms with van der Waals surface area (Å²) >= 11 is 6.37. The van der Waals surface area contributed by atoms with Crippen molar-refractivity contribution in [1.82, 2.24) is 9.88 Å². The molecule has 0 aliphatic carbocycles. The standard InChI is InChI=1S/C28H30ClF3N2O4/c1-36-20-3-4-25-22(16-20)26(23(29)17-33-25)24(32)5-6-28(27(35)37-2)7-9-34(10-8-28)11-12-38-21-14-18(30)13-19(31)15-21/h3-4,13-17,24H,5-12H2,1-2H3. The summed E-state index contributed by atoms with van der Waals surface area (Å²) in [5.74, 6) is -1.07. The molecule has 10 heteroatoms. The van der Waals surface area contributed by atoms with E-state index >= 15 is 4.39 Å². The van der Waals surface area contributed by atoms with Crippen LogP contribution in [0.4, 0.5) is 13.2 Å². The first-order valence-electron chi connectivity index (χ1n) is 12.4. The quantitative estimate of drug-likeness (QED) is 0.276. The van der Waals surface area contributed by atoms with Crippen molar-refractivity contribution in [2.75, 3.05) is 40.5 Å². The first-order chi connectivity index (χ1) is 18.2. The van der Waals surface area contributed by atoms with E-state index in [0.29, 0.717) is 54.7 Å². The predicted octanol–water partition coefficient (Wildman–Crippen LogP) is 6.30. The van der Waals surface area contributed by atoms with E-state index in [9.17, 15) is 13.6 Å². The normalized spacial score (nSPS) is 16.3. The Hall–Kier alpha value is -3.04. The van der Waals surface area contributed by atoms with Gasteiger partial charge in [-0.2, -0.15) is 0 Å². The van der Waals surface area contributed by atoms with Crippen LogP contribution in [0.3, 0.4) is 0 Å². The number of ether oxygens (including phenoxy) is 3. The molecule has 6 nitrogen and oxygen atoms in total. The molecule has 2 heterocycles. The van der Waals surface area contributed by atoms with E-state index in [0.717, 1.165) is 18.2 Å². The van der Waals surface area contributed by atoms with Gasteiger partial charge in [-0.1, -0.05) is 11.6 Å². The minimum absolute atomic E-state index is 0.0827. The maximum absolute atomic E-state index is 15.7. The number of likely N-dealkylation sites (tertiary alicyclic amines) is 1. The lowest BCUT2D eigenvalue weighted by Gasteiger charge is -2.40. The fourth-order valence-corrected chi connectivity index (χ4v) is 5.31. The van der Waals surface area contributed by atoms with Crippen LogP contribution in [0.25, 0.3) is 10.9 Å². The number of piperidine rings is 1. The van der Waals surface area contributed by atoms with Crippen molar-refractivity contribution in [2.45, 2.75) is 31.9 Å². The highest BCUT2D eigenvalue weighted by Crippen LogP contribution is 2.42. The third-order valence-electron chi connectivity index (χ3n) is 7.20. The SMILES string of the molecule is COC(=O)C1(CCC(F)c2c(Cl)cnc3ccc(OC)cc23)CCN(CCOc2cc(F)cc(F)c2)CC1. The number of esters is 1. The zero-order chi connectivity index (χ0) is 27.3.